The average molecular weight is 162 g/mol. The molecule has 0 aromatic rings. The summed E-state index contributed by atoms with van der Waals surface area (Å²) in [5.74, 6) is 0. The Morgan fingerprint density at radius 1 is 1.60 bits per heavy atom. The SMILES string of the molecule is C[P+](O)(O)C1=CCNCC1. The molecule has 4 heteroatoms. The topological polar surface area (TPSA) is 52.5 Å². The molecule has 0 aliphatic carbocycles. The van der Waals surface area contributed by atoms with Gasteiger partial charge in [-0.3, -0.25) is 0 Å². The summed E-state index contributed by atoms with van der Waals surface area (Å²) in [6, 6.07) is 0. The quantitative estimate of drug-likeness (QED) is 0.487. The molecule has 0 amide bonds. The highest BCUT2D eigenvalue weighted by atomic mass is 31.2. The van der Waals surface area contributed by atoms with Crippen molar-refractivity contribution in [1.82, 2.24) is 5.32 Å². The number of hydrogen-bond donors (Lipinski definition) is 3. The van der Waals surface area contributed by atoms with E-state index in [0.717, 1.165) is 24.8 Å². The van der Waals surface area contributed by atoms with E-state index in [0.29, 0.717) is 0 Å². The van der Waals surface area contributed by atoms with Crippen molar-refractivity contribution in [1.29, 1.82) is 0 Å². The molecular formula is C6H13NO2P+. The van der Waals surface area contributed by atoms with Crippen molar-refractivity contribution in [3.63, 3.8) is 0 Å². The van der Waals surface area contributed by atoms with Gasteiger partial charge in [0.15, 0.2) is 0 Å². The predicted octanol–water partition coefficient (Wildman–Crippen LogP) is 0.326. The monoisotopic (exact) mass is 162 g/mol. The molecule has 1 aliphatic rings. The van der Waals surface area contributed by atoms with Gasteiger partial charge in [0.1, 0.15) is 12.0 Å². The normalized spacial score (nSPS) is 20.5. The van der Waals surface area contributed by atoms with E-state index in [9.17, 15) is 9.79 Å². The zero-order valence-corrected chi connectivity index (χ0v) is 6.93. The summed E-state index contributed by atoms with van der Waals surface area (Å²) < 4.78 is 0. The lowest BCUT2D eigenvalue weighted by atomic mass is 10.3. The Balaban J connectivity index is 2.62. The number of rotatable bonds is 1. The Morgan fingerprint density at radius 3 is 2.60 bits per heavy atom. The Labute approximate surface area is 61.3 Å². The van der Waals surface area contributed by atoms with Crippen LogP contribution in [0.1, 0.15) is 6.42 Å². The van der Waals surface area contributed by atoms with Gasteiger partial charge in [0.25, 0.3) is 7.72 Å². The van der Waals surface area contributed by atoms with Gasteiger partial charge < -0.3 is 5.32 Å². The van der Waals surface area contributed by atoms with E-state index in [1.54, 1.807) is 0 Å². The van der Waals surface area contributed by atoms with Crippen LogP contribution in [0, 0.1) is 0 Å². The first-order valence-electron chi connectivity index (χ1n) is 3.33. The van der Waals surface area contributed by atoms with Crippen LogP contribution in [0.25, 0.3) is 0 Å². The van der Waals surface area contributed by atoms with Crippen LogP contribution in [0.5, 0.6) is 0 Å². The molecule has 0 bridgehead atoms. The molecule has 0 saturated heterocycles. The van der Waals surface area contributed by atoms with Gasteiger partial charge in [0, 0.05) is 19.5 Å². The maximum Gasteiger partial charge on any atom is 0.292 e. The Kier molecular flexibility index (Phi) is 2.42. The molecule has 1 aliphatic heterocycles. The molecule has 0 saturated carbocycles. The largest absolute Gasteiger partial charge is 0.313 e. The van der Waals surface area contributed by atoms with Crippen molar-refractivity contribution >= 4 is 7.72 Å². The van der Waals surface area contributed by atoms with Crippen LogP contribution in [0.15, 0.2) is 11.4 Å². The molecule has 1 heterocycles. The van der Waals surface area contributed by atoms with Crippen molar-refractivity contribution in [3.05, 3.63) is 11.4 Å². The summed E-state index contributed by atoms with van der Waals surface area (Å²) in [5, 5.41) is 3.93. The minimum atomic E-state index is -2.67. The molecule has 0 fully saturated rings. The van der Waals surface area contributed by atoms with Gasteiger partial charge in [0.05, 0.1) is 0 Å². The third kappa shape index (κ3) is 2.03. The van der Waals surface area contributed by atoms with Crippen molar-refractivity contribution in [2.24, 2.45) is 0 Å². The molecule has 1 rings (SSSR count). The Bertz CT molecular complexity index is 150. The molecule has 3 N–H and O–H groups in total. The maximum atomic E-state index is 9.21. The molecule has 0 atom stereocenters. The van der Waals surface area contributed by atoms with E-state index in [1.165, 1.54) is 6.66 Å². The first-order valence-corrected chi connectivity index (χ1v) is 5.47. The fourth-order valence-electron chi connectivity index (χ4n) is 0.995. The zero-order chi connectivity index (χ0) is 7.61. The lowest BCUT2D eigenvalue weighted by Crippen LogP contribution is -2.21. The van der Waals surface area contributed by atoms with Gasteiger partial charge in [-0.1, -0.05) is 0 Å². The maximum absolute atomic E-state index is 9.21. The smallest absolute Gasteiger partial charge is 0.292 e. The molecule has 58 valence electrons. The van der Waals surface area contributed by atoms with E-state index in [4.69, 9.17) is 0 Å². The Hall–Kier alpha value is 0.0500. The summed E-state index contributed by atoms with van der Waals surface area (Å²) in [5.41, 5.74) is 0. The van der Waals surface area contributed by atoms with Gasteiger partial charge in [-0.25, -0.2) is 9.79 Å². The third-order valence-electron chi connectivity index (χ3n) is 1.58. The molecule has 10 heavy (non-hydrogen) atoms. The standard InChI is InChI=1S/C6H13NO2P/c1-10(8,9)6-2-4-7-5-3-6/h2,7-9H,3-5H2,1H3/q+1. The van der Waals surface area contributed by atoms with Crippen molar-refractivity contribution in [3.8, 4) is 0 Å². The van der Waals surface area contributed by atoms with Crippen LogP contribution in [-0.4, -0.2) is 29.5 Å². The van der Waals surface area contributed by atoms with E-state index in [1.807, 2.05) is 6.08 Å². The van der Waals surface area contributed by atoms with Crippen LogP contribution < -0.4 is 5.32 Å². The number of nitrogens with one attached hydrogen (secondary N) is 1. The fourth-order valence-corrected chi connectivity index (χ4v) is 1.97. The van der Waals surface area contributed by atoms with Crippen LogP contribution in [-0.2, 0) is 0 Å². The lowest BCUT2D eigenvalue weighted by molar-refractivity contribution is 0.463. The van der Waals surface area contributed by atoms with Gasteiger partial charge >= 0.3 is 0 Å². The highest BCUT2D eigenvalue weighted by Crippen LogP contribution is 2.55. The second-order valence-corrected chi connectivity index (χ2v) is 4.96. The van der Waals surface area contributed by atoms with Crippen molar-refractivity contribution in [2.75, 3.05) is 19.8 Å². The van der Waals surface area contributed by atoms with Crippen LogP contribution in [0.4, 0.5) is 0 Å². The van der Waals surface area contributed by atoms with Crippen LogP contribution >= 0.6 is 7.72 Å². The minimum absolute atomic E-state index is 0.770. The number of hydrogen-bond acceptors (Lipinski definition) is 3. The van der Waals surface area contributed by atoms with Crippen LogP contribution in [0.3, 0.4) is 0 Å². The van der Waals surface area contributed by atoms with E-state index < -0.39 is 7.72 Å². The molecule has 3 nitrogen and oxygen atoms in total. The average Bonchev–Trinajstić information content (AvgIpc) is 1.88. The summed E-state index contributed by atoms with van der Waals surface area (Å²) >= 11 is 0. The third-order valence-corrected chi connectivity index (χ3v) is 3.08. The first-order chi connectivity index (χ1) is 4.61. The molecule has 0 aromatic heterocycles. The zero-order valence-electron chi connectivity index (χ0n) is 6.04. The van der Waals surface area contributed by atoms with E-state index in [2.05, 4.69) is 5.32 Å². The highest BCUT2D eigenvalue weighted by Gasteiger charge is 2.32. The van der Waals surface area contributed by atoms with Gasteiger partial charge in [0.2, 0.25) is 0 Å². The van der Waals surface area contributed by atoms with E-state index in [-0.39, 0.29) is 0 Å². The summed E-state index contributed by atoms with van der Waals surface area (Å²) in [6.07, 6.45) is 2.65. The molecular weight excluding hydrogens is 149 g/mol. The van der Waals surface area contributed by atoms with Crippen molar-refractivity contribution < 1.29 is 9.79 Å². The van der Waals surface area contributed by atoms with Gasteiger partial charge in [-0.2, -0.15) is 0 Å². The second-order valence-electron chi connectivity index (χ2n) is 2.56. The fraction of sp³-hybridized carbons (Fsp3) is 0.667. The lowest BCUT2D eigenvalue weighted by Gasteiger charge is -2.14. The highest BCUT2D eigenvalue weighted by molar-refractivity contribution is 7.68. The summed E-state index contributed by atoms with van der Waals surface area (Å²) in [4.78, 5) is 18.4. The summed E-state index contributed by atoms with van der Waals surface area (Å²) in [7, 11) is -2.67. The van der Waals surface area contributed by atoms with Gasteiger partial charge in [-0.15, -0.1) is 0 Å². The molecule has 0 unspecified atom stereocenters. The second kappa shape index (κ2) is 2.97. The predicted molar refractivity (Wildman–Crippen MR) is 42.9 cm³/mol. The van der Waals surface area contributed by atoms with Crippen LogP contribution in [0.2, 0.25) is 0 Å². The molecule has 0 spiro atoms. The first kappa shape index (κ1) is 8.15. The van der Waals surface area contributed by atoms with Crippen molar-refractivity contribution in [2.45, 2.75) is 6.42 Å². The Morgan fingerprint density at radius 2 is 2.30 bits per heavy atom. The van der Waals surface area contributed by atoms with Gasteiger partial charge in [-0.05, 0) is 6.08 Å². The minimum Gasteiger partial charge on any atom is -0.313 e. The molecule has 0 radical (unpaired) electrons. The molecule has 0 aromatic carbocycles. The van der Waals surface area contributed by atoms with E-state index >= 15 is 0 Å². The summed E-state index contributed by atoms with van der Waals surface area (Å²) in [6.45, 7) is 3.14.